The number of anilines is 3. The Morgan fingerprint density at radius 3 is 1.13 bits per heavy atom. The number of tetrazole rings is 1. The van der Waals surface area contributed by atoms with E-state index in [9.17, 15) is 14.4 Å². The van der Waals surface area contributed by atoms with Crippen LogP contribution in [0.25, 0.3) is 67.3 Å². The van der Waals surface area contributed by atoms with Crippen molar-refractivity contribution in [3.8, 4) is 67.3 Å². The minimum Gasteiger partial charge on any atom is -0.371 e. The lowest BCUT2D eigenvalue weighted by Gasteiger charge is -2.39. The quantitative estimate of drug-likeness (QED) is 0.0510. The van der Waals surface area contributed by atoms with Crippen molar-refractivity contribution < 1.29 is 14.4 Å². The van der Waals surface area contributed by atoms with Gasteiger partial charge in [0.1, 0.15) is 45.5 Å². The first-order valence-corrected chi connectivity index (χ1v) is 44.9. The fourth-order valence-electron chi connectivity index (χ4n) is 19.8. The normalized spacial score (nSPS) is 19.8. The number of aromatic nitrogens is 10. The molecule has 22 heteroatoms. The van der Waals surface area contributed by atoms with Crippen molar-refractivity contribution in [1.29, 1.82) is 0 Å². The number of carbonyl (C=O) groups excluding carboxylic acids is 3. The summed E-state index contributed by atoms with van der Waals surface area (Å²) < 4.78 is 0. The Balaban J connectivity index is 0.000000133. The fourth-order valence-corrected chi connectivity index (χ4v) is 19.8. The van der Waals surface area contributed by atoms with Crippen LogP contribution in [0.15, 0.2) is 155 Å². The summed E-state index contributed by atoms with van der Waals surface area (Å²) in [4.78, 5) is 69.3. The highest BCUT2D eigenvalue weighted by Gasteiger charge is 2.52. The van der Waals surface area contributed by atoms with Gasteiger partial charge in [-0.1, -0.05) is 198 Å². The molecule has 3 spiro atoms. The Hall–Kier alpha value is -10.5. The van der Waals surface area contributed by atoms with E-state index in [4.69, 9.17) is 15.0 Å². The van der Waals surface area contributed by atoms with Crippen molar-refractivity contribution in [1.82, 2.24) is 66.1 Å². The first-order valence-electron chi connectivity index (χ1n) is 44.9. The average Bonchev–Trinajstić information content (AvgIpc) is 1.63. The highest BCUT2D eigenvalue weighted by atomic mass is 16.2. The zero-order valence-electron chi connectivity index (χ0n) is 71.7. The van der Waals surface area contributed by atoms with Crippen LogP contribution in [-0.4, -0.2) is 157 Å². The fraction of sp³-hybridized carbons (Fsp3) is 0.515. The lowest BCUT2D eigenvalue weighted by molar-refractivity contribution is -0.132. The molecule has 6 aliphatic heterocycles. The lowest BCUT2D eigenvalue weighted by Crippen LogP contribution is -2.40. The van der Waals surface area contributed by atoms with Crippen LogP contribution in [0.1, 0.15) is 245 Å². The number of carbonyl (C=O) groups is 3. The number of amidine groups is 3. The number of nitrogens with zero attached hydrogens (tertiary/aromatic N) is 16. The van der Waals surface area contributed by atoms with E-state index in [0.29, 0.717) is 36.3 Å². The number of benzene rings is 6. The summed E-state index contributed by atoms with van der Waals surface area (Å²) in [6, 6.07) is 46.0. The molecule has 3 aliphatic carbocycles. The van der Waals surface area contributed by atoms with Gasteiger partial charge < -0.3 is 14.7 Å². The molecule has 0 unspecified atom stereocenters. The second-order valence-electron chi connectivity index (χ2n) is 37.0. The number of amides is 3. The molecule has 119 heavy (non-hydrogen) atoms. The van der Waals surface area contributed by atoms with E-state index in [2.05, 4.69) is 249 Å². The van der Waals surface area contributed by atoms with Gasteiger partial charge in [0.05, 0.1) is 32.0 Å². The maximum atomic E-state index is 13.6. The van der Waals surface area contributed by atoms with E-state index in [1.54, 1.807) is 12.4 Å². The van der Waals surface area contributed by atoms with Gasteiger partial charge in [-0.25, -0.2) is 0 Å². The molecule has 9 aliphatic rings. The minimum absolute atomic E-state index is 0.205. The molecule has 0 radical (unpaired) electrons. The van der Waals surface area contributed by atoms with Gasteiger partial charge in [-0.15, -0.1) is 10.2 Å². The molecule has 9 aromatic rings. The maximum absolute atomic E-state index is 13.6. The number of H-pyrrole nitrogens is 3. The van der Waals surface area contributed by atoms with E-state index < -0.39 is 16.6 Å². The summed E-state index contributed by atoms with van der Waals surface area (Å²) in [5.41, 5.74) is 17.9. The second-order valence-corrected chi connectivity index (χ2v) is 37.0. The number of hydrogen-bond acceptors (Lipinski definition) is 16. The first kappa shape index (κ1) is 82.2. The molecular weight excluding hydrogens is 1480 g/mol. The van der Waals surface area contributed by atoms with Gasteiger partial charge in [-0.3, -0.25) is 44.1 Å². The van der Waals surface area contributed by atoms with Crippen molar-refractivity contribution in [3.63, 3.8) is 0 Å². The largest absolute Gasteiger partial charge is 0.371 e. The number of aromatic amines is 3. The topological polar surface area (TPSA) is 245 Å². The summed E-state index contributed by atoms with van der Waals surface area (Å²) in [7, 11) is 0. The predicted molar refractivity (Wildman–Crippen MR) is 477 cm³/mol. The Bertz CT molecular complexity index is 5050. The van der Waals surface area contributed by atoms with Gasteiger partial charge in [0.15, 0.2) is 0 Å². The zero-order valence-corrected chi connectivity index (χ0v) is 71.7. The van der Waals surface area contributed by atoms with Gasteiger partial charge in [-0.2, -0.15) is 36.0 Å². The third-order valence-corrected chi connectivity index (χ3v) is 27.1. The molecule has 6 fully saturated rings. The van der Waals surface area contributed by atoms with E-state index >= 15 is 0 Å². The van der Waals surface area contributed by atoms with Crippen LogP contribution in [0.2, 0.25) is 0 Å². The standard InChI is InChI=1S/C33H42N6O.C32H41N7O.C32H40N6O/c1-4-5-8-30-35-33(15-6-7-16-33)31(40)39(30)23-24-9-11-25(12-10-24)28-21-26(38-19-17-32(2,3)18-20-38)13-14-27(28)29-22-34-37-36-29;1-4-5-9-28-33-32(17-6-7-18-32)30(40)39(28)21-23-10-12-24(13-11-23)27-20-25(38-19-8-16-31(2,3)22-38)14-15-26(27)29-34-36-37-35-29;1-3-4-7-30-34-32(16-5-6-17-32)31(39)38(30)22-24-8-10-25(11-9-24)28-20-26(37-18-14-23(2)15-19-37)12-13-27(28)29-21-33-36-35-29/h9-14,21-22H,4-8,15-20,23H2,1-3H3,(H,34,36,37);10-15,20H,4-9,16-19,21-22H2,1-3H3,(H,34,35,36,37);8-13,20-21,23H,3-7,14-19,22H2,1-2H3,(H,33,35,36). The minimum atomic E-state index is -0.494. The molecule has 624 valence electrons. The van der Waals surface area contributed by atoms with Gasteiger partial charge >= 0.3 is 0 Å². The molecule has 3 N–H and O–H groups in total. The van der Waals surface area contributed by atoms with Crippen molar-refractivity contribution in [2.24, 2.45) is 31.7 Å². The van der Waals surface area contributed by atoms with Crippen molar-refractivity contribution >= 4 is 52.3 Å². The predicted octanol–water partition coefficient (Wildman–Crippen LogP) is 20.0. The average molecular weight is 1600 g/mol. The second kappa shape index (κ2) is 35.8. The molecule has 0 bridgehead atoms. The molecule has 18 rings (SSSR count). The van der Waals surface area contributed by atoms with Crippen LogP contribution < -0.4 is 14.7 Å². The molecular formula is C97H123N19O3. The number of rotatable bonds is 24. The van der Waals surface area contributed by atoms with Crippen LogP contribution in [0.4, 0.5) is 17.1 Å². The summed E-state index contributed by atoms with van der Waals surface area (Å²) in [6.07, 6.45) is 31.9. The lowest BCUT2D eigenvalue weighted by atomic mass is 9.82. The van der Waals surface area contributed by atoms with Crippen LogP contribution >= 0.6 is 0 Å². The number of unbranched alkanes of at least 4 members (excludes halogenated alkanes) is 3. The summed E-state index contributed by atoms with van der Waals surface area (Å²) in [5, 5.41) is 37.4. The van der Waals surface area contributed by atoms with Crippen molar-refractivity contribution in [2.75, 3.05) is 54.0 Å². The third-order valence-electron chi connectivity index (χ3n) is 27.1. The molecule has 9 heterocycles. The van der Waals surface area contributed by atoms with E-state index in [1.165, 1.54) is 55.6 Å². The van der Waals surface area contributed by atoms with Gasteiger partial charge in [0, 0.05) is 92.3 Å². The Labute approximate surface area is 703 Å². The van der Waals surface area contributed by atoms with E-state index in [1.807, 2.05) is 14.7 Å². The van der Waals surface area contributed by atoms with Crippen LogP contribution in [-0.2, 0) is 34.0 Å². The zero-order chi connectivity index (χ0) is 82.3. The Morgan fingerprint density at radius 1 is 0.387 bits per heavy atom. The monoisotopic (exact) mass is 1600 g/mol. The SMILES string of the molecule is CCCCC1=NC2(CCCC2)C(=O)N1Cc1ccc(-c2cc(N3CCC(C)(C)CC3)ccc2-c2cn[nH]n2)cc1.CCCCC1=NC2(CCCC2)C(=O)N1Cc1ccc(-c2cc(N3CCC(C)CC3)ccc2-c2cn[nH]n2)cc1.CCCCC1=NC2(CCCC2)C(=O)N1Cc1ccc(-c2cc(N3CCCC(C)(C)C3)ccc2-c2nn[nH]n2)cc1. The number of aliphatic imine (C=N–C) groups is 3. The Morgan fingerprint density at radius 2 is 0.765 bits per heavy atom. The van der Waals surface area contributed by atoms with Crippen LogP contribution in [0.5, 0.6) is 0 Å². The summed E-state index contributed by atoms with van der Waals surface area (Å²) >= 11 is 0. The van der Waals surface area contributed by atoms with Crippen molar-refractivity contribution in [2.45, 2.75) is 265 Å². The van der Waals surface area contributed by atoms with Gasteiger partial charge in [0.25, 0.3) is 17.7 Å². The maximum Gasteiger partial charge on any atom is 0.256 e. The van der Waals surface area contributed by atoms with Crippen LogP contribution in [0.3, 0.4) is 0 Å². The summed E-state index contributed by atoms with van der Waals surface area (Å²) in [5.74, 6) is 4.98. The van der Waals surface area contributed by atoms with Gasteiger partial charge in [0.2, 0.25) is 5.82 Å². The molecule has 3 saturated carbocycles. The van der Waals surface area contributed by atoms with E-state index in [0.717, 1.165) is 276 Å². The molecule has 0 atom stereocenters. The molecule has 3 amide bonds. The highest BCUT2D eigenvalue weighted by Crippen LogP contribution is 2.46. The smallest absolute Gasteiger partial charge is 0.256 e. The highest BCUT2D eigenvalue weighted by molar-refractivity contribution is 6.10. The Kier molecular flexibility index (Phi) is 24.7. The van der Waals surface area contributed by atoms with Crippen LogP contribution in [0, 0.1) is 16.7 Å². The van der Waals surface area contributed by atoms with Crippen molar-refractivity contribution in [3.05, 3.63) is 156 Å². The van der Waals surface area contributed by atoms with E-state index in [-0.39, 0.29) is 17.7 Å². The molecule has 3 aromatic heterocycles. The van der Waals surface area contributed by atoms with Gasteiger partial charge in [-0.05, 0) is 211 Å². The number of nitrogens with one attached hydrogen (secondary N) is 3. The molecule has 22 nitrogen and oxygen atoms in total. The first-order chi connectivity index (χ1) is 57.8. The summed E-state index contributed by atoms with van der Waals surface area (Å²) in [6.45, 7) is 26.6. The molecule has 3 saturated heterocycles. The molecule has 6 aromatic carbocycles. The third kappa shape index (κ3) is 18.0. The number of piperidine rings is 3. The number of hydrogen-bond donors (Lipinski definition) is 3.